The molecule has 0 spiro atoms. The fraction of sp³-hybridized carbons (Fsp3) is 1.00. The van der Waals surface area contributed by atoms with Gasteiger partial charge in [-0.15, -0.1) is 0 Å². The predicted molar refractivity (Wildman–Crippen MR) is 177 cm³/mol. The molecule has 0 aliphatic carbocycles. The first-order valence-electron chi connectivity index (χ1n) is 17.3. The van der Waals surface area contributed by atoms with E-state index in [1.54, 1.807) is 0 Å². The standard InChI is InChI=1S/C33H69NO12/c1-4-5-6-7-8-10-35-12-14-37-16-18-39-20-22-41-24-26-43-28-30-45-32-33-46-31-29-44-27-25-42-23-21-40-19-17-38-15-13-36-11-9-34(2)3/h4-33H2,1-3H3. The summed E-state index contributed by atoms with van der Waals surface area (Å²) in [5.41, 5.74) is 0. The normalized spacial score (nSPS) is 11.7. The maximum absolute atomic E-state index is 5.56. The third-order valence-corrected chi connectivity index (χ3v) is 6.17. The number of unbranched alkanes of at least 4 members (excludes halogenated alkanes) is 4. The minimum Gasteiger partial charge on any atom is -0.379 e. The van der Waals surface area contributed by atoms with Crippen molar-refractivity contribution in [1.82, 2.24) is 4.90 Å². The molecule has 0 rings (SSSR count). The molecule has 0 fully saturated rings. The van der Waals surface area contributed by atoms with E-state index >= 15 is 0 Å². The molecule has 13 nitrogen and oxygen atoms in total. The first-order chi connectivity index (χ1) is 22.8. The van der Waals surface area contributed by atoms with Crippen LogP contribution < -0.4 is 0 Å². The fourth-order valence-corrected chi connectivity index (χ4v) is 3.58. The van der Waals surface area contributed by atoms with Gasteiger partial charge < -0.3 is 61.7 Å². The summed E-state index contributed by atoms with van der Waals surface area (Å²) in [6.07, 6.45) is 6.28. The molecule has 0 bridgehead atoms. The average Bonchev–Trinajstić information content (AvgIpc) is 3.05. The summed E-state index contributed by atoms with van der Waals surface area (Å²) >= 11 is 0. The number of likely N-dealkylation sites (N-methyl/N-ethyl adjacent to an activating group) is 1. The monoisotopic (exact) mass is 671 g/mol. The van der Waals surface area contributed by atoms with Crippen molar-refractivity contribution >= 4 is 0 Å². The van der Waals surface area contributed by atoms with Crippen molar-refractivity contribution in [1.29, 1.82) is 0 Å². The van der Waals surface area contributed by atoms with E-state index in [-0.39, 0.29) is 0 Å². The predicted octanol–water partition coefficient (Wildman–Crippen LogP) is 2.72. The Balaban J connectivity index is 3.04. The molecule has 0 aromatic carbocycles. The molecular formula is C33H69NO12. The molecule has 0 radical (unpaired) electrons. The Bertz CT molecular complexity index is 537. The summed E-state index contributed by atoms with van der Waals surface area (Å²) in [6, 6.07) is 0. The average molecular weight is 672 g/mol. The summed E-state index contributed by atoms with van der Waals surface area (Å²) in [4.78, 5) is 2.08. The molecule has 0 aliphatic rings. The van der Waals surface area contributed by atoms with Gasteiger partial charge in [0.25, 0.3) is 0 Å². The summed E-state index contributed by atoms with van der Waals surface area (Å²) < 4.78 is 65.9. The lowest BCUT2D eigenvalue weighted by Crippen LogP contribution is -2.19. The Morgan fingerprint density at radius 1 is 0.261 bits per heavy atom. The van der Waals surface area contributed by atoms with Crippen LogP contribution in [0.4, 0.5) is 0 Å². The van der Waals surface area contributed by atoms with Crippen LogP contribution in [0.2, 0.25) is 0 Å². The highest BCUT2D eigenvalue weighted by Gasteiger charge is 1.97. The molecule has 0 saturated heterocycles. The maximum atomic E-state index is 5.56. The topological polar surface area (TPSA) is 114 Å². The lowest BCUT2D eigenvalue weighted by Gasteiger charge is -2.10. The molecule has 0 unspecified atom stereocenters. The second kappa shape index (κ2) is 42.5. The second-order valence-electron chi connectivity index (χ2n) is 10.6. The van der Waals surface area contributed by atoms with E-state index < -0.39 is 0 Å². The van der Waals surface area contributed by atoms with Crippen LogP contribution in [0.25, 0.3) is 0 Å². The van der Waals surface area contributed by atoms with Gasteiger partial charge in [0.05, 0.1) is 152 Å². The third kappa shape index (κ3) is 43.5. The van der Waals surface area contributed by atoms with Crippen LogP contribution in [-0.4, -0.2) is 184 Å². The molecule has 0 N–H and O–H groups in total. The van der Waals surface area contributed by atoms with Crippen molar-refractivity contribution in [2.75, 3.05) is 179 Å². The van der Waals surface area contributed by atoms with E-state index in [1.165, 1.54) is 25.7 Å². The van der Waals surface area contributed by atoms with Gasteiger partial charge in [-0.1, -0.05) is 32.6 Å². The van der Waals surface area contributed by atoms with Crippen LogP contribution in [-0.2, 0) is 56.8 Å². The van der Waals surface area contributed by atoms with Crippen molar-refractivity contribution in [3.63, 3.8) is 0 Å². The van der Waals surface area contributed by atoms with Gasteiger partial charge in [0.2, 0.25) is 0 Å². The van der Waals surface area contributed by atoms with Crippen LogP contribution in [0.15, 0.2) is 0 Å². The molecule has 278 valence electrons. The summed E-state index contributed by atoms with van der Waals surface area (Å²) in [5.74, 6) is 0. The Labute approximate surface area is 280 Å². The number of hydrogen-bond donors (Lipinski definition) is 0. The van der Waals surface area contributed by atoms with Gasteiger partial charge in [-0.25, -0.2) is 0 Å². The molecule has 0 heterocycles. The van der Waals surface area contributed by atoms with Crippen molar-refractivity contribution in [3.05, 3.63) is 0 Å². The highest BCUT2D eigenvalue weighted by Crippen LogP contribution is 2.02. The van der Waals surface area contributed by atoms with Crippen LogP contribution in [0, 0.1) is 0 Å². The first kappa shape index (κ1) is 45.5. The van der Waals surface area contributed by atoms with E-state index in [0.29, 0.717) is 145 Å². The Kier molecular flexibility index (Phi) is 42.0. The Morgan fingerprint density at radius 3 is 0.717 bits per heavy atom. The van der Waals surface area contributed by atoms with E-state index in [0.717, 1.165) is 26.2 Å². The Hall–Kier alpha value is -0.520. The number of ether oxygens (including phenoxy) is 12. The van der Waals surface area contributed by atoms with Crippen molar-refractivity contribution in [2.45, 2.75) is 39.0 Å². The van der Waals surface area contributed by atoms with Gasteiger partial charge in [-0.05, 0) is 20.5 Å². The highest BCUT2D eigenvalue weighted by molar-refractivity contribution is 4.43. The van der Waals surface area contributed by atoms with Gasteiger partial charge >= 0.3 is 0 Å². The van der Waals surface area contributed by atoms with Gasteiger partial charge in [-0.2, -0.15) is 0 Å². The number of hydrogen-bond acceptors (Lipinski definition) is 13. The van der Waals surface area contributed by atoms with Gasteiger partial charge in [-0.3, -0.25) is 0 Å². The van der Waals surface area contributed by atoms with E-state index in [2.05, 4.69) is 11.8 Å². The zero-order valence-electron chi connectivity index (χ0n) is 29.6. The van der Waals surface area contributed by atoms with Crippen molar-refractivity contribution < 1.29 is 56.8 Å². The SMILES string of the molecule is CCCCCCCOCCOCCOCCOCCOCCOCCOCCOCCOCCOCCOCCOCCN(C)C. The van der Waals surface area contributed by atoms with Gasteiger partial charge in [0.1, 0.15) is 0 Å². The molecule has 0 saturated carbocycles. The highest BCUT2D eigenvalue weighted by atomic mass is 16.6. The van der Waals surface area contributed by atoms with Crippen molar-refractivity contribution in [3.8, 4) is 0 Å². The van der Waals surface area contributed by atoms with Crippen LogP contribution >= 0.6 is 0 Å². The second-order valence-corrected chi connectivity index (χ2v) is 10.6. The minimum absolute atomic E-state index is 0.519. The van der Waals surface area contributed by atoms with E-state index in [4.69, 9.17) is 56.8 Å². The van der Waals surface area contributed by atoms with Crippen LogP contribution in [0.3, 0.4) is 0 Å². The number of rotatable bonds is 42. The molecule has 13 heteroatoms. The van der Waals surface area contributed by atoms with Crippen LogP contribution in [0.5, 0.6) is 0 Å². The fourth-order valence-electron chi connectivity index (χ4n) is 3.58. The lowest BCUT2D eigenvalue weighted by molar-refractivity contribution is -0.0284. The molecule has 0 amide bonds. The minimum atomic E-state index is 0.519. The van der Waals surface area contributed by atoms with E-state index in [9.17, 15) is 0 Å². The largest absolute Gasteiger partial charge is 0.379 e. The number of nitrogens with zero attached hydrogens (tertiary/aromatic N) is 1. The molecular weight excluding hydrogens is 602 g/mol. The van der Waals surface area contributed by atoms with Crippen LogP contribution in [0.1, 0.15) is 39.0 Å². The van der Waals surface area contributed by atoms with E-state index in [1.807, 2.05) is 14.1 Å². The maximum Gasteiger partial charge on any atom is 0.0701 e. The lowest BCUT2D eigenvalue weighted by atomic mass is 10.2. The van der Waals surface area contributed by atoms with Gasteiger partial charge in [0.15, 0.2) is 0 Å². The zero-order chi connectivity index (χ0) is 33.3. The molecule has 0 atom stereocenters. The third-order valence-electron chi connectivity index (χ3n) is 6.17. The molecule has 46 heavy (non-hydrogen) atoms. The Morgan fingerprint density at radius 2 is 0.478 bits per heavy atom. The smallest absolute Gasteiger partial charge is 0.0701 e. The zero-order valence-corrected chi connectivity index (χ0v) is 29.6. The summed E-state index contributed by atoms with van der Waals surface area (Å²) in [7, 11) is 4.04. The molecule has 0 aromatic heterocycles. The quantitative estimate of drug-likeness (QED) is 0.0888. The van der Waals surface area contributed by atoms with Gasteiger partial charge in [0, 0.05) is 13.2 Å². The summed E-state index contributed by atoms with van der Waals surface area (Å²) in [5, 5.41) is 0. The molecule has 0 aromatic rings. The molecule has 0 aliphatic heterocycles. The first-order valence-corrected chi connectivity index (χ1v) is 17.3. The van der Waals surface area contributed by atoms with Crippen molar-refractivity contribution in [2.24, 2.45) is 0 Å². The summed E-state index contributed by atoms with van der Waals surface area (Å²) in [6.45, 7) is 16.7.